The van der Waals surface area contributed by atoms with E-state index in [0.717, 1.165) is 6.42 Å². The standard InChI is InChI=1S/C9H14BrN3O3S/c1-13-7(9(10)11-12-13)8(14)6-4-2-3-5-17(6,15)16/h6,8,14H,2-5H2,1H3. The molecule has 1 aliphatic heterocycles. The molecule has 0 bridgehead atoms. The first-order chi connectivity index (χ1) is 7.93. The minimum absolute atomic E-state index is 0.150. The third kappa shape index (κ3) is 2.38. The largest absolute Gasteiger partial charge is 0.385 e. The van der Waals surface area contributed by atoms with Gasteiger partial charge in [-0.2, -0.15) is 0 Å². The van der Waals surface area contributed by atoms with E-state index in [1.54, 1.807) is 7.05 Å². The number of aliphatic hydroxyl groups excluding tert-OH is 1. The molecular formula is C9H14BrN3O3S. The second-order valence-electron chi connectivity index (χ2n) is 4.24. The first-order valence-corrected chi connectivity index (χ1v) is 7.89. The summed E-state index contributed by atoms with van der Waals surface area (Å²) in [5.41, 5.74) is 0.417. The summed E-state index contributed by atoms with van der Waals surface area (Å²) < 4.78 is 25.6. The monoisotopic (exact) mass is 323 g/mol. The van der Waals surface area contributed by atoms with Crippen LogP contribution in [0.1, 0.15) is 31.1 Å². The van der Waals surface area contributed by atoms with Crippen LogP contribution in [-0.2, 0) is 16.9 Å². The number of hydrogen-bond donors (Lipinski definition) is 1. The van der Waals surface area contributed by atoms with Gasteiger partial charge in [0.2, 0.25) is 0 Å². The fraction of sp³-hybridized carbons (Fsp3) is 0.778. The fourth-order valence-corrected chi connectivity index (χ4v) is 4.68. The van der Waals surface area contributed by atoms with Crippen molar-refractivity contribution in [2.24, 2.45) is 7.05 Å². The van der Waals surface area contributed by atoms with Crippen molar-refractivity contribution < 1.29 is 13.5 Å². The minimum Gasteiger partial charge on any atom is -0.385 e. The summed E-state index contributed by atoms with van der Waals surface area (Å²) in [5.74, 6) is 0.150. The highest BCUT2D eigenvalue weighted by molar-refractivity contribution is 9.10. The summed E-state index contributed by atoms with van der Waals surface area (Å²) in [4.78, 5) is 0. The van der Waals surface area contributed by atoms with Crippen LogP contribution in [0.2, 0.25) is 0 Å². The van der Waals surface area contributed by atoms with Crippen LogP contribution in [0.15, 0.2) is 4.60 Å². The van der Waals surface area contributed by atoms with E-state index in [2.05, 4.69) is 26.2 Å². The topological polar surface area (TPSA) is 85.1 Å². The Bertz CT molecular complexity index is 494. The molecule has 1 aromatic heterocycles. The van der Waals surface area contributed by atoms with Crippen molar-refractivity contribution in [3.05, 3.63) is 10.3 Å². The van der Waals surface area contributed by atoms with Crippen LogP contribution in [0, 0.1) is 0 Å². The van der Waals surface area contributed by atoms with Gasteiger partial charge in [-0.3, -0.25) is 0 Å². The van der Waals surface area contributed by atoms with Crippen molar-refractivity contribution in [2.45, 2.75) is 30.6 Å². The fourth-order valence-electron chi connectivity index (χ4n) is 2.16. The number of aromatic nitrogens is 3. The lowest BCUT2D eigenvalue weighted by Gasteiger charge is -2.26. The third-order valence-corrected chi connectivity index (χ3v) is 5.93. The number of halogens is 1. The average molecular weight is 324 g/mol. The van der Waals surface area contributed by atoms with Gasteiger partial charge in [-0.1, -0.05) is 11.6 Å². The molecule has 1 saturated heterocycles. The molecule has 2 unspecified atom stereocenters. The number of rotatable bonds is 2. The van der Waals surface area contributed by atoms with Crippen LogP contribution in [0.25, 0.3) is 0 Å². The SMILES string of the molecule is Cn1nnc(Br)c1C(O)C1CCCCS1(=O)=O. The van der Waals surface area contributed by atoms with Crippen LogP contribution < -0.4 is 0 Å². The van der Waals surface area contributed by atoms with Gasteiger partial charge in [-0.05, 0) is 28.8 Å². The van der Waals surface area contributed by atoms with Crippen LogP contribution in [0.5, 0.6) is 0 Å². The molecule has 0 radical (unpaired) electrons. The Morgan fingerprint density at radius 1 is 1.53 bits per heavy atom. The molecule has 17 heavy (non-hydrogen) atoms. The second kappa shape index (κ2) is 4.66. The highest BCUT2D eigenvalue weighted by Gasteiger charge is 2.37. The van der Waals surface area contributed by atoms with E-state index in [1.807, 2.05) is 0 Å². The van der Waals surface area contributed by atoms with Gasteiger partial charge in [0.1, 0.15) is 11.8 Å². The van der Waals surface area contributed by atoms with Gasteiger partial charge in [-0.25, -0.2) is 13.1 Å². The summed E-state index contributed by atoms with van der Waals surface area (Å²) in [6.07, 6.45) is 0.913. The molecule has 0 saturated carbocycles. The zero-order chi connectivity index (χ0) is 12.6. The Kier molecular flexibility index (Phi) is 3.55. The Balaban J connectivity index is 2.34. The van der Waals surface area contributed by atoms with Gasteiger partial charge in [0.15, 0.2) is 14.4 Å². The summed E-state index contributed by atoms with van der Waals surface area (Å²) in [6, 6.07) is 0. The summed E-state index contributed by atoms with van der Waals surface area (Å²) in [5, 5.41) is 17.0. The molecule has 1 fully saturated rings. The molecule has 0 amide bonds. The van der Waals surface area contributed by atoms with E-state index in [-0.39, 0.29) is 5.75 Å². The maximum Gasteiger partial charge on any atom is 0.156 e. The second-order valence-corrected chi connectivity index (χ2v) is 7.33. The molecule has 2 rings (SSSR count). The number of nitrogens with zero attached hydrogens (tertiary/aromatic N) is 3. The maximum absolute atomic E-state index is 11.9. The lowest BCUT2D eigenvalue weighted by molar-refractivity contribution is 0.154. The van der Waals surface area contributed by atoms with E-state index in [0.29, 0.717) is 23.1 Å². The molecule has 8 heteroatoms. The normalized spacial score (nSPS) is 25.7. The van der Waals surface area contributed by atoms with Gasteiger partial charge in [0.05, 0.1) is 11.0 Å². The lowest BCUT2D eigenvalue weighted by Crippen LogP contribution is -2.34. The number of sulfone groups is 1. The number of aryl methyl sites for hydroxylation is 1. The Hall–Kier alpha value is -0.470. The zero-order valence-corrected chi connectivity index (χ0v) is 11.8. The highest BCUT2D eigenvalue weighted by Crippen LogP contribution is 2.32. The van der Waals surface area contributed by atoms with Crippen LogP contribution in [0.4, 0.5) is 0 Å². The summed E-state index contributed by atoms with van der Waals surface area (Å²) in [6.45, 7) is 0. The van der Waals surface area contributed by atoms with E-state index in [9.17, 15) is 13.5 Å². The first kappa shape index (κ1) is 13.0. The highest BCUT2D eigenvalue weighted by atomic mass is 79.9. The van der Waals surface area contributed by atoms with Crippen molar-refractivity contribution in [3.63, 3.8) is 0 Å². The van der Waals surface area contributed by atoms with Gasteiger partial charge >= 0.3 is 0 Å². The maximum atomic E-state index is 11.9. The van der Waals surface area contributed by atoms with Gasteiger partial charge in [-0.15, -0.1) is 5.10 Å². The van der Waals surface area contributed by atoms with Gasteiger partial charge < -0.3 is 5.11 Å². The van der Waals surface area contributed by atoms with Crippen LogP contribution in [0.3, 0.4) is 0 Å². The van der Waals surface area contributed by atoms with Gasteiger partial charge in [0.25, 0.3) is 0 Å². The lowest BCUT2D eigenvalue weighted by atomic mass is 10.1. The smallest absolute Gasteiger partial charge is 0.156 e. The molecule has 0 aromatic carbocycles. The van der Waals surface area contributed by atoms with Crippen LogP contribution >= 0.6 is 15.9 Å². The van der Waals surface area contributed by atoms with Crippen molar-refractivity contribution >= 4 is 25.8 Å². The summed E-state index contributed by atoms with van der Waals surface area (Å²) in [7, 11) is -1.59. The molecule has 1 aliphatic rings. The molecule has 1 aromatic rings. The van der Waals surface area contributed by atoms with E-state index < -0.39 is 21.2 Å². The minimum atomic E-state index is -3.22. The molecule has 96 valence electrons. The zero-order valence-electron chi connectivity index (χ0n) is 9.37. The van der Waals surface area contributed by atoms with Crippen molar-refractivity contribution in [1.29, 1.82) is 0 Å². The molecular weight excluding hydrogens is 310 g/mol. The summed E-state index contributed by atoms with van der Waals surface area (Å²) >= 11 is 3.17. The molecule has 1 N–H and O–H groups in total. The van der Waals surface area contributed by atoms with Crippen LogP contribution in [-0.4, -0.2) is 39.5 Å². The molecule has 2 atom stereocenters. The Labute approximate surface area is 108 Å². The molecule has 0 spiro atoms. The number of aliphatic hydroxyl groups is 1. The molecule has 2 heterocycles. The predicted molar refractivity (Wildman–Crippen MR) is 65.1 cm³/mol. The van der Waals surface area contributed by atoms with E-state index in [4.69, 9.17) is 0 Å². The number of hydrogen-bond acceptors (Lipinski definition) is 5. The molecule has 6 nitrogen and oxygen atoms in total. The van der Waals surface area contributed by atoms with Crippen molar-refractivity contribution in [3.8, 4) is 0 Å². The third-order valence-electron chi connectivity index (χ3n) is 3.09. The van der Waals surface area contributed by atoms with Gasteiger partial charge in [0, 0.05) is 7.05 Å². The Morgan fingerprint density at radius 2 is 2.24 bits per heavy atom. The van der Waals surface area contributed by atoms with E-state index >= 15 is 0 Å². The van der Waals surface area contributed by atoms with E-state index in [1.165, 1.54) is 4.68 Å². The quantitative estimate of drug-likeness (QED) is 0.860. The first-order valence-electron chi connectivity index (χ1n) is 5.38. The molecule has 0 aliphatic carbocycles. The van der Waals surface area contributed by atoms with Crippen molar-refractivity contribution in [2.75, 3.05) is 5.75 Å². The predicted octanol–water partition coefficient (Wildman–Crippen LogP) is 0.578. The van der Waals surface area contributed by atoms with Crippen molar-refractivity contribution in [1.82, 2.24) is 15.0 Å². The average Bonchev–Trinajstić information content (AvgIpc) is 2.57. The Morgan fingerprint density at radius 3 is 2.76 bits per heavy atom.